The Hall–Kier alpha value is -3.03. The van der Waals surface area contributed by atoms with Gasteiger partial charge in [0.2, 0.25) is 5.95 Å². The average Bonchev–Trinajstić information content (AvgIpc) is 3.18. The van der Waals surface area contributed by atoms with Crippen molar-refractivity contribution < 1.29 is 4.39 Å². The van der Waals surface area contributed by atoms with Crippen LogP contribution in [0.5, 0.6) is 0 Å². The summed E-state index contributed by atoms with van der Waals surface area (Å²) in [4.78, 5) is 14.0. The zero-order valence-electron chi connectivity index (χ0n) is 17.5. The van der Waals surface area contributed by atoms with Crippen molar-refractivity contribution in [3.63, 3.8) is 0 Å². The predicted molar refractivity (Wildman–Crippen MR) is 125 cm³/mol. The molecule has 0 atom stereocenters. The highest BCUT2D eigenvalue weighted by atomic mass is 35.5. The molecular weight excluding hydrogens is 427 g/mol. The fourth-order valence-electron chi connectivity index (χ4n) is 4.33. The van der Waals surface area contributed by atoms with Crippen LogP contribution < -0.4 is 11.1 Å². The number of hydrogen-bond donors (Lipinski definition) is 2. The first-order chi connectivity index (χ1) is 15.6. The van der Waals surface area contributed by atoms with E-state index in [1.165, 1.54) is 6.07 Å². The topological polar surface area (TPSA) is 81.7 Å². The van der Waals surface area contributed by atoms with Gasteiger partial charge in [-0.05, 0) is 43.9 Å². The van der Waals surface area contributed by atoms with Crippen LogP contribution in [0.25, 0.3) is 22.6 Å². The Morgan fingerprint density at radius 3 is 2.56 bits per heavy atom. The third-order valence-corrected chi connectivity index (χ3v) is 6.38. The summed E-state index contributed by atoms with van der Waals surface area (Å²) in [7, 11) is 0. The first-order valence-electron chi connectivity index (χ1n) is 10.8. The van der Waals surface area contributed by atoms with E-state index in [4.69, 9.17) is 27.3 Å². The lowest BCUT2D eigenvalue weighted by molar-refractivity contribution is 0.330. The van der Waals surface area contributed by atoms with Crippen molar-refractivity contribution >= 4 is 28.7 Å². The van der Waals surface area contributed by atoms with Crippen molar-refractivity contribution in [3.8, 4) is 11.4 Å². The van der Waals surface area contributed by atoms with Crippen LogP contribution in [0.3, 0.4) is 0 Å². The van der Waals surface area contributed by atoms with E-state index in [9.17, 15) is 4.39 Å². The molecule has 1 aliphatic carbocycles. The van der Waals surface area contributed by atoms with Crippen LogP contribution in [0, 0.1) is 5.82 Å². The van der Waals surface area contributed by atoms with Gasteiger partial charge in [0.25, 0.3) is 0 Å². The molecule has 3 N–H and O–H groups in total. The van der Waals surface area contributed by atoms with E-state index in [-0.39, 0.29) is 17.9 Å². The van der Waals surface area contributed by atoms with Gasteiger partial charge in [-0.2, -0.15) is 4.98 Å². The van der Waals surface area contributed by atoms with Crippen LogP contribution in [0.1, 0.15) is 37.3 Å². The van der Waals surface area contributed by atoms with Crippen LogP contribution in [0.2, 0.25) is 5.02 Å². The van der Waals surface area contributed by atoms with Crippen molar-refractivity contribution in [2.24, 2.45) is 5.73 Å². The Morgan fingerprint density at radius 1 is 1.03 bits per heavy atom. The van der Waals surface area contributed by atoms with E-state index in [2.05, 4.69) is 14.9 Å². The van der Waals surface area contributed by atoms with Crippen LogP contribution in [-0.2, 0) is 6.54 Å². The molecule has 2 aromatic carbocycles. The Labute approximate surface area is 190 Å². The summed E-state index contributed by atoms with van der Waals surface area (Å²) in [5.74, 6) is 0.956. The molecule has 1 fully saturated rings. The summed E-state index contributed by atoms with van der Waals surface area (Å²) in [5.41, 5.74) is 9.02. The standard InChI is InChI=1S/C24H24ClFN6/c25-19-7-3-2-6-18(19)22-30-21-14-29-24(28-13-15-5-1-4-8-20(15)26)31-23(21)32(22)17-11-9-16(27)10-12-17/h1-8,14,16-17H,9-13,27H2,(H,28,29,31). The normalized spacial score (nSPS) is 18.7. The molecule has 1 aliphatic rings. The Morgan fingerprint density at radius 2 is 1.78 bits per heavy atom. The molecule has 2 aromatic heterocycles. The molecule has 0 amide bonds. The molecule has 8 heteroatoms. The number of imidazole rings is 1. The number of hydrogen-bond acceptors (Lipinski definition) is 5. The molecular formula is C24H24ClFN6. The van der Waals surface area contributed by atoms with Crippen LogP contribution in [-0.4, -0.2) is 25.6 Å². The monoisotopic (exact) mass is 450 g/mol. The summed E-state index contributed by atoms with van der Waals surface area (Å²) in [6.45, 7) is 0.294. The highest BCUT2D eigenvalue weighted by Gasteiger charge is 2.26. The molecule has 0 saturated heterocycles. The number of aromatic nitrogens is 4. The molecule has 2 heterocycles. The van der Waals surface area contributed by atoms with Gasteiger partial charge in [-0.3, -0.25) is 0 Å². The lowest BCUT2D eigenvalue weighted by Gasteiger charge is -2.28. The molecule has 6 nitrogen and oxygen atoms in total. The van der Waals surface area contributed by atoms with Crippen molar-refractivity contribution in [1.82, 2.24) is 19.5 Å². The molecule has 1 saturated carbocycles. The number of benzene rings is 2. The Balaban J connectivity index is 1.56. The zero-order chi connectivity index (χ0) is 22.1. The van der Waals surface area contributed by atoms with Gasteiger partial charge in [0.05, 0.1) is 11.2 Å². The minimum atomic E-state index is -0.259. The SMILES string of the molecule is NC1CCC(n2c(-c3ccccc3Cl)nc3cnc(NCc4ccccc4F)nc32)CC1. The number of halogens is 2. The average molecular weight is 451 g/mol. The quantitative estimate of drug-likeness (QED) is 0.429. The van der Waals surface area contributed by atoms with Crippen molar-refractivity contribution in [2.45, 2.75) is 44.3 Å². The van der Waals surface area contributed by atoms with Crippen LogP contribution in [0.4, 0.5) is 10.3 Å². The maximum absolute atomic E-state index is 14.0. The molecule has 5 rings (SSSR count). The molecule has 0 bridgehead atoms. The fourth-order valence-corrected chi connectivity index (χ4v) is 4.55. The molecule has 32 heavy (non-hydrogen) atoms. The largest absolute Gasteiger partial charge is 0.350 e. The lowest BCUT2D eigenvalue weighted by atomic mass is 9.91. The highest BCUT2D eigenvalue weighted by Crippen LogP contribution is 2.37. The number of nitrogens with two attached hydrogens (primary N) is 1. The van der Waals surface area contributed by atoms with Gasteiger partial charge in [-0.25, -0.2) is 14.4 Å². The first-order valence-corrected chi connectivity index (χ1v) is 11.2. The van der Waals surface area contributed by atoms with Gasteiger partial charge in [-0.15, -0.1) is 0 Å². The first kappa shape index (κ1) is 20.8. The maximum atomic E-state index is 14.0. The van der Waals surface area contributed by atoms with Gasteiger partial charge in [0.15, 0.2) is 5.65 Å². The second kappa shape index (κ2) is 8.84. The van der Waals surface area contributed by atoms with Gasteiger partial charge < -0.3 is 15.6 Å². The van der Waals surface area contributed by atoms with Gasteiger partial charge in [0, 0.05) is 29.8 Å². The smallest absolute Gasteiger partial charge is 0.225 e. The van der Waals surface area contributed by atoms with E-state index in [0.717, 1.165) is 42.7 Å². The Bertz CT molecular complexity index is 1250. The minimum absolute atomic E-state index is 0.223. The number of anilines is 1. The number of nitrogens with one attached hydrogen (secondary N) is 1. The number of nitrogens with zero attached hydrogens (tertiary/aromatic N) is 4. The fraction of sp³-hybridized carbons (Fsp3) is 0.292. The predicted octanol–water partition coefficient (Wildman–Crippen LogP) is 5.34. The van der Waals surface area contributed by atoms with Crippen LogP contribution in [0.15, 0.2) is 54.7 Å². The van der Waals surface area contributed by atoms with Crippen molar-refractivity contribution in [1.29, 1.82) is 0 Å². The van der Waals surface area contributed by atoms with Gasteiger partial charge >= 0.3 is 0 Å². The molecule has 0 unspecified atom stereocenters. The van der Waals surface area contributed by atoms with Crippen LogP contribution >= 0.6 is 11.6 Å². The Kier molecular flexibility index (Phi) is 5.76. The number of fused-ring (bicyclic) bond motifs is 1. The zero-order valence-corrected chi connectivity index (χ0v) is 18.3. The van der Waals surface area contributed by atoms with Crippen molar-refractivity contribution in [2.75, 3.05) is 5.32 Å². The highest BCUT2D eigenvalue weighted by molar-refractivity contribution is 6.33. The second-order valence-corrected chi connectivity index (χ2v) is 8.61. The molecule has 4 aromatic rings. The van der Waals surface area contributed by atoms with Gasteiger partial charge in [0.1, 0.15) is 17.2 Å². The van der Waals surface area contributed by atoms with Gasteiger partial charge in [-0.1, -0.05) is 41.9 Å². The molecule has 164 valence electrons. The lowest BCUT2D eigenvalue weighted by Crippen LogP contribution is -2.28. The maximum Gasteiger partial charge on any atom is 0.225 e. The van der Waals surface area contributed by atoms with E-state index < -0.39 is 0 Å². The summed E-state index contributed by atoms with van der Waals surface area (Å²) in [5, 5.41) is 3.78. The van der Waals surface area contributed by atoms with E-state index in [1.807, 2.05) is 30.3 Å². The van der Waals surface area contributed by atoms with Crippen molar-refractivity contribution in [3.05, 3.63) is 71.1 Å². The molecule has 0 spiro atoms. The summed E-state index contributed by atoms with van der Waals surface area (Å²) in [6, 6.07) is 14.8. The summed E-state index contributed by atoms with van der Waals surface area (Å²) < 4.78 is 16.2. The molecule has 0 radical (unpaired) electrons. The molecule has 0 aliphatic heterocycles. The third-order valence-electron chi connectivity index (χ3n) is 6.05. The summed E-state index contributed by atoms with van der Waals surface area (Å²) in [6.07, 6.45) is 5.51. The van der Waals surface area contributed by atoms with E-state index in [0.29, 0.717) is 28.6 Å². The second-order valence-electron chi connectivity index (χ2n) is 8.20. The minimum Gasteiger partial charge on any atom is -0.350 e. The number of rotatable bonds is 5. The summed E-state index contributed by atoms with van der Waals surface area (Å²) >= 11 is 6.53. The van der Waals surface area contributed by atoms with E-state index in [1.54, 1.807) is 18.3 Å². The van der Waals surface area contributed by atoms with E-state index >= 15 is 0 Å². The third kappa shape index (κ3) is 4.06.